The van der Waals surface area contributed by atoms with Crippen LogP contribution in [0.4, 0.5) is 22.2 Å². The first-order valence-corrected chi connectivity index (χ1v) is 12.7. The van der Waals surface area contributed by atoms with Crippen LogP contribution in [0, 0.1) is 0 Å². The van der Waals surface area contributed by atoms with Crippen molar-refractivity contribution in [2.24, 2.45) is 5.73 Å². The number of amides is 4. The second-order valence-corrected chi connectivity index (χ2v) is 9.72. The Hall–Kier alpha value is -4.42. The van der Waals surface area contributed by atoms with Gasteiger partial charge in [-0.05, 0) is 64.8 Å². The van der Waals surface area contributed by atoms with E-state index >= 15 is 0 Å². The standard InChI is InChI=1S/C26H38N8O5/c1-6-12-28-21-19(15-31-24(34-21)33-18-10-8-17(9-11-18)20(27)35)23(37)30-14-7-13-29-22(36)16(2)32-25(38)39-26(3,4)5/h8-11,15-16H,6-7,12-14H2,1-5H3,(H2,27,35)(H,29,36)(H,30,37)(H,32,38)(H2,28,31,33,34)/t16-/m0/s1. The molecule has 0 aliphatic carbocycles. The number of hydrogen-bond acceptors (Lipinski definition) is 9. The molecule has 0 bridgehead atoms. The van der Waals surface area contributed by atoms with Crippen LogP contribution in [0.15, 0.2) is 30.5 Å². The molecule has 1 aromatic carbocycles. The van der Waals surface area contributed by atoms with Gasteiger partial charge in [0.15, 0.2) is 0 Å². The van der Waals surface area contributed by atoms with Crippen molar-refractivity contribution in [1.82, 2.24) is 25.9 Å². The number of alkyl carbamates (subject to hydrolysis) is 1. The molecule has 4 amide bonds. The first-order chi connectivity index (χ1) is 18.4. The van der Waals surface area contributed by atoms with Gasteiger partial charge < -0.3 is 37.1 Å². The third-order valence-corrected chi connectivity index (χ3v) is 5.07. The van der Waals surface area contributed by atoms with E-state index in [9.17, 15) is 19.2 Å². The van der Waals surface area contributed by atoms with E-state index in [4.69, 9.17) is 10.5 Å². The van der Waals surface area contributed by atoms with Crippen molar-refractivity contribution in [3.8, 4) is 0 Å². The molecule has 7 N–H and O–H groups in total. The zero-order valence-corrected chi connectivity index (χ0v) is 23.0. The van der Waals surface area contributed by atoms with Gasteiger partial charge in [-0.2, -0.15) is 4.98 Å². The second-order valence-electron chi connectivity index (χ2n) is 9.72. The summed E-state index contributed by atoms with van der Waals surface area (Å²) in [5, 5.41) is 14.2. The molecule has 1 heterocycles. The summed E-state index contributed by atoms with van der Waals surface area (Å²) in [5.74, 6) is -0.604. The molecule has 2 aromatic rings. The second kappa shape index (κ2) is 14.5. The van der Waals surface area contributed by atoms with Crippen molar-refractivity contribution in [1.29, 1.82) is 0 Å². The van der Waals surface area contributed by atoms with E-state index in [1.807, 2.05) is 6.92 Å². The number of ether oxygens (including phenoxy) is 1. The molecule has 1 atom stereocenters. The summed E-state index contributed by atoms with van der Waals surface area (Å²) in [6.07, 6.45) is 2.04. The van der Waals surface area contributed by atoms with Gasteiger partial charge in [0.2, 0.25) is 17.8 Å². The van der Waals surface area contributed by atoms with Gasteiger partial charge in [-0.1, -0.05) is 6.92 Å². The third-order valence-electron chi connectivity index (χ3n) is 5.07. The molecule has 0 aliphatic heterocycles. The molecular weight excluding hydrogens is 504 g/mol. The number of anilines is 3. The van der Waals surface area contributed by atoms with E-state index in [2.05, 4.69) is 36.6 Å². The van der Waals surface area contributed by atoms with Crippen molar-refractivity contribution in [3.05, 3.63) is 41.6 Å². The monoisotopic (exact) mass is 542 g/mol. The maximum atomic E-state index is 12.8. The number of nitrogens with one attached hydrogen (secondary N) is 5. The number of nitrogens with two attached hydrogens (primary N) is 1. The molecule has 212 valence electrons. The predicted molar refractivity (Wildman–Crippen MR) is 148 cm³/mol. The Balaban J connectivity index is 1.87. The molecule has 0 spiro atoms. The Morgan fingerprint density at radius 3 is 2.31 bits per heavy atom. The normalized spacial score (nSPS) is 11.6. The number of carbonyl (C=O) groups excluding carboxylic acids is 4. The molecule has 2 rings (SSSR count). The minimum absolute atomic E-state index is 0.272. The van der Waals surface area contributed by atoms with Crippen LogP contribution in [0.3, 0.4) is 0 Å². The Morgan fingerprint density at radius 1 is 1.03 bits per heavy atom. The van der Waals surface area contributed by atoms with Crippen LogP contribution in [0.2, 0.25) is 0 Å². The van der Waals surface area contributed by atoms with E-state index in [1.165, 1.54) is 6.20 Å². The van der Waals surface area contributed by atoms with Crippen molar-refractivity contribution < 1.29 is 23.9 Å². The van der Waals surface area contributed by atoms with Crippen LogP contribution in [-0.2, 0) is 9.53 Å². The van der Waals surface area contributed by atoms with Gasteiger partial charge in [-0.3, -0.25) is 14.4 Å². The van der Waals surface area contributed by atoms with E-state index in [1.54, 1.807) is 52.0 Å². The average Bonchev–Trinajstić information content (AvgIpc) is 2.86. The van der Waals surface area contributed by atoms with Gasteiger partial charge in [0.1, 0.15) is 23.0 Å². The highest BCUT2D eigenvalue weighted by Gasteiger charge is 2.21. The Kier molecular flexibility index (Phi) is 11.5. The van der Waals surface area contributed by atoms with Crippen LogP contribution in [0.25, 0.3) is 0 Å². The molecule has 13 heteroatoms. The van der Waals surface area contributed by atoms with Gasteiger partial charge >= 0.3 is 6.09 Å². The van der Waals surface area contributed by atoms with Gasteiger partial charge in [-0.25, -0.2) is 9.78 Å². The molecule has 0 fully saturated rings. The first-order valence-electron chi connectivity index (χ1n) is 12.7. The fourth-order valence-corrected chi connectivity index (χ4v) is 3.13. The summed E-state index contributed by atoms with van der Waals surface area (Å²) in [4.78, 5) is 56.7. The fraction of sp³-hybridized carbons (Fsp3) is 0.462. The van der Waals surface area contributed by atoms with Gasteiger partial charge in [0.25, 0.3) is 5.91 Å². The van der Waals surface area contributed by atoms with Crippen molar-refractivity contribution in [3.63, 3.8) is 0 Å². The lowest BCUT2D eigenvalue weighted by Crippen LogP contribution is -2.46. The molecule has 0 saturated heterocycles. The van der Waals surface area contributed by atoms with Crippen molar-refractivity contribution in [2.45, 2.75) is 59.1 Å². The largest absolute Gasteiger partial charge is 0.444 e. The average molecular weight is 543 g/mol. The SMILES string of the molecule is CCCNc1nc(Nc2ccc(C(N)=O)cc2)ncc1C(=O)NCCCNC(=O)[C@H](C)NC(=O)OC(C)(C)C. The molecule has 1 aromatic heterocycles. The quantitative estimate of drug-likeness (QED) is 0.206. The van der Waals surface area contributed by atoms with Crippen LogP contribution < -0.4 is 32.3 Å². The van der Waals surface area contributed by atoms with Gasteiger partial charge in [0, 0.05) is 37.1 Å². The number of aromatic nitrogens is 2. The Morgan fingerprint density at radius 2 is 1.69 bits per heavy atom. The number of carbonyl (C=O) groups is 4. The highest BCUT2D eigenvalue weighted by molar-refractivity contribution is 5.98. The summed E-state index contributed by atoms with van der Waals surface area (Å²) in [7, 11) is 0. The third kappa shape index (κ3) is 10.8. The van der Waals surface area contributed by atoms with Crippen LogP contribution in [-0.4, -0.2) is 65.1 Å². The van der Waals surface area contributed by atoms with Crippen LogP contribution in [0.5, 0.6) is 0 Å². The highest BCUT2D eigenvalue weighted by Crippen LogP contribution is 2.18. The zero-order valence-electron chi connectivity index (χ0n) is 23.0. The van der Waals surface area contributed by atoms with E-state index < -0.39 is 23.6 Å². The summed E-state index contributed by atoms with van der Waals surface area (Å²) >= 11 is 0. The first kappa shape index (κ1) is 30.8. The maximum Gasteiger partial charge on any atom is 0.408 e. The number of hydrogen-bond donors (Lipinski definition) is 6. The number of benzene rings is 1. The highest BCUT2D eigenvalue weighted by atomic mass is 16.6. The molecule has 39 heavy (non-hydrogen) atoms. The smallest absolute Gasteiger partial charge is 0.408 e. The maximum absolute atomic E-state index is 12.8. The molecule has 0 aliphatic rings. The lowest BCUT2D eigenvalue weighted by molar-refractivity contribution is -0.122. The van der Waals surface area contributed by atoms with Crippen LogP contribution in [0.1, 0.15) is 68.2 Å². The van der Waals surface area contributed by atoms with Gasteiger partial charge in [0.05, 0.1) is 0 Å². The molecule has 13 nitrogen and oxygen atoms in total. The van der Waals surface area contributed by atoms with E-state index in [0.29, 0.717) is 43.1 Å². The lowest BCUT2D eigenvalue weighted by Gasteiger charge is -2.21. The van der Waals surface area contributed by atoms with E-state index in [0.717, 1.165) is 6.42 Å². The molecule has 0 saturated carbocycles. The Bertz CT molecular complexity index is 1150. The minimum Gasteiger partial charge on any atom is -0.444 e. The van der Waals surface area contributed by atoms with Crippen LogP contribution >= 0.6 is 0 Å². The molecule has 0 unspecified atom stereocenters. The Labute approximate surface area is 228 Å². The van der Waals surface area contributed by atoms with Crippen molar-refractivity contribution >= 4 is 41.3 Å². The summed E-state index contributed by atoms with van der Waals surface area (Å²) in [5.41, 5.74) is 5.91. The van der Waals surface area contributed by atoms with Crippen molar-refractivity contribution in [2.75, 3.05) is 30.3 Å². The fourth-order valence-electron chi connectivity index (χ4n) is 3.13. The predicted octanol–water partition coefficient (Wildman–Crippen LogP) is 2.29. The molecular formula is C26H38N8O5. The molecule has 0 radical (unpaired) electrons. The number of primary amides is 1. The van der Waals surface area contributed by atoms with Gasteiger partial charge in [-0.15, -0.1) is 0 Å². The minimum atomic E-state index is -0.771. The number of rotatable bonds is 13. The number of nitrogens with zero attached hydrogens (tertiary/aromatic N) is 2. The summed E-state index contributed by atoms with van der Waals surface area (Å²) < 4.78 is 5.14. The van der Waals surface area contributed by atoms with E-state index in [-0.39, 0.29) is 23.3 Å². The lowest BCUT2D eigenvalue weighted by atomic mass is 10.2. The zero-order chi connectivity index (χ0) is 29.0. The summed E-state index contributed by atoms with van der Waals surface area (Å²) in [6, 6.07) is 5.76. The topological polar surface area (TPSA) is 189 Å². The summed E-state index contributed by atoms with van der Waals surface area (Å²) in [6.45, 7) is 9.96.